The second-order valence-corrected chi connectivity index (χ2v) is 5.43. The van der Waals surface area contributed by atoms with Crippen molar-refractivity contribution in [1.29, 1.82) is 0 Å². The lowest BCUT2D eigenvalue weighted by Gasteiger charge is -2.16. The zero-order valence-electron chi connectivity index (χ0n) is 13.9. The van der Waals surface area contributed by atoms with Crippen LogP contribution in [-0.4, -0.2) is 25.2 Å². The van der Waals surface area contributed by atoms with Gasteiger partial charge >= 0.3 is 0 Å². The lowest BCUT2D eigenvalue weighted by Crippen LogP contribution is -2.31. The molecule has 24 heavy (non-hydrogen) atoms. The average molecular weight is 327 g/mol. The maximum Gasteiger partial charge on any atom is 0.265 e. The molecular formula is C19H21NO4. The topological polar surface area (TPSA) is 56.8 Å². The largest absolute Gasteiger partial charge is 0.494 e. The molecule has 0 bridgehead atoms. The summed E-state index contributed by atoms with van der Waals surface area (Å²) in [6.07, 6.45) is 0.0320. The van der Waals surface area contributed by atoms with Crippen molar-refractivity contribution in [3.8, 4) is 17.2 Å². The Bertz CT molecular complexity index is 704. The van der Waals surface area contributed by atoms with Crippen molar-refractivity contribution < 1.29 is 19.0 Å². The Balaban J connectivity index is 1.75. The van der Waals surface area contributed by atoms with Gasteiger partial charge in [0.2, 0.25) is 0 Å². The number of benzene rings is 2. The summed E-state index contributed by atoms with van der Waals surface area (Å²) in [5.74, 6) is 1.88. The van der Waals surface area contributed by atoms with Crippen molar-refractivity contribution >= 4 is 11.6 Å². The van der Waals surface area contributed by atoms with Gasteiger partial charge in [-0.25, -0.2) is 0 Å². The van der Waals surface area contributed by atoms with Gasteiger partial charge in [0.15, 0.2) is 6.10 Å². The van der Waals surface area contributed by atoms with Crippen molar-refractivity contribution in [2.75, 3.05) is 18.5 Å². The van der Waals surface area contributed by atoms with E-state index in [1.54, 1.807) is 12.1 Å². The third-order valence-corrected chi connectivity index (χ3v) is 3.76. The van der Waals surface area contributed by atoms with Gasteiger partial charge in [0.05, 0.1) is 18.9 Å². The molecule has 2 aromatic carbocycles. The van der Waals surface area contributed by atoms with Crippen LogP contribution < -0.4 is 19.5 Å². The Kier molecular flexibility index (Phi) is 4.89. The first-order valence-corrected chi connectivity index (χ1v) is 8.16. The fourth-order valence-corrected chi connectivity index (χ4v) is 2.69. The molecule has 0 fully saturated rings. The Morgan fingerprint density at radius 2 is 1.96 bits per heavy atom. The monoisotopic (exact) mass is 327 g/mol. The smallest absolute Gasteiger partial charge is 0.265 e. The number of nitrogens with one attached hydrogen (secondary N) is 1. The van der Waals surface area contributed by atoms with Crippen LogP contribution >= 0.6 is 0 Å². The lowest BCUT2D eigenvalue weighted by molar-refractivity contribution is -0.122. The Labute approximate surface area is 141 Å². The summed E-state index contributed by atoms with van der Waals surface area (Å²) in [5, 5.41) is 2.90. The highest BCUT2D eigenvalue weighted by Gasteiger charge is 2.29. The number of fused-ring (bicyclic) bond motifs is 1. The fraction of sp³-hybridized carbons (Fsp3) is 0.316. The number of carbonyl (C=O) groups excluding carboxylic acids is 1. The van der Waals surface area contributed by atoms with Crippen LogP contribution in [0.25, 0.3) is 0 Å². The van der Waals surface area contributed by atoms with Crippen LogP contribution in [-0.2, 0) is 11.2 Å². The molecule has 126 valence electrons. The van der Waals surface area contributed by atoms with Gasteiger partial charge in [-0.05, 0) is 37.6 Å². The maximum atomic E-state index is 12.6. The lowest BCUT2D eigenvalue weighted by atomic mass is 10.1. The zero-order valence-corrected chi connectivity index (χ0v) is 13.9. The van der Waals surface area contributed by atoms with E-state index in [2.05, 4.69) is 5.32 Å². The minimum absolute atomic E-state index is 0.194. The quantitative estimate of drug-likeness (QED) is 0.883. The van der Waals surface area contributed by atoms with Crippen molar-refractivity contribution in [3.05, 3.63) is 48.0 Å². The normalized spacial score (nSPS) is 15.3. The van der Waals surface area contributed by atoms with Crippen LogP contribution in [0.4, 0.5) is 5.69 Å². The van der Waals surface area contributed by atoms with Crippen LogP contribution in [0.2, 0.25) is 0 Å². The minimum Gasteiger partial charge on any atom is -0.494 e. The SMILES string of the molecule is CCOc1ccc(OCC)c(NC(=O)[C@H]2Cc3ccccc3O2)c1. The molecule has 0 spiro atoms. The van der Waals surface area contributed by atoms with Crippen LogP contribution in [0.3, 0.4) is 0 Å². The summed E-state index contributed by atoms with van der Waals surface area (Å²) in [5.41, 5.74) is 1.64. The predicted molar refractivity (Wildman–Crippen MR) is 92.0 cm³/mol. The summed E-state index contributed by atoms with van der Waals surface area (Å²) in [6, 6.07) is 13.1. The van der Waals surface area contributed by atoms with Gasteiger partial charge in [0, 0.05) is 12.5 Å². The van der Waals surface area contributed by atoms with Crippen LogP contribution in [0.5, 0.6) is 17.2 Å². The molecule has 1 atom stereocenters. The van der Waals surface area contributed by atoms with E-state index in [1.807, 2.05) is 44.2 Å². The molecule has 1 aliphatic heterocycles. The Morgan fingerprint density at radius 3 is 2.71 bits per heavy atom. The molecule has 0 saturated carbocycles. The van der Waals surface area contributed by atoms with Gasteiger partial charge in [0.25, 0.3) is 5.91 Å². The van der Waals surface area contributed by atoms with Crippen LogP contribution in [0, 0.1) is 0 Å². The van der Waals surface area contributed by atoms with E-state index < -0.39 is 6.10 Å². The van der Waals surface area contributed by atoms with Gasteiger partial charge in [0.1, 0.15) is 17.2 Å². The first-order chi connectivity index (χ1) is 11.7. The van der Waals surface area contributed by atoms with Crippen molar-refractivity contribution in [2.24, 2.45) is 0 Å². The summed E-state index contributed by atoms with van der Waals surface area (Å²) in [4.78, 5) is 12.6. The number of rotatable bonds is 6. The van der Waals surface area contributed by atoms with Gasteiger partial charge < -0.3 is 19.5 Å². The summed E-state index contributed by atoms with van der Waals surface area (Å²) < 4.78 is 16.8. The molecule has 1 aliphatic rings. The Hall–Kier alpha value is -2.69. The second kappa shape index (κ2) is 7.25. The molecular weight excluding hydrogens is 306 g/mol. The van der Waals surface area contributed by atoms with Gasteiger partial charge in [-0.2, -0.15) is 0 Å². The van der Waals surface area contributed by atoms with Gasteiger partial charge in [-0.15, -0.1) is 0 Å². The van der Waals surface area contributed by atoms with Crippen LogP contribution in [0.15, 0.2) is 42.5 Å². The maximum absolute atomic E-state index is 12.6. The second-order valence-electron chi connectivity index (χ2n) is 5.43. The molecule has 0 aromatic heterocycles. The van der Waals surface area contributed by atoms with E-state index in [9.17, 15) is 4.79 Å². The third-order valence-electron chi connectivity index (χ3n) is 3.76. The highest BCUT2D eigenvalue weighted by atomic mass is 16.5. The number of carbonyl (C=O) groups is 1. The number of anilines is 1. The molecule has 0 saturated heterocycles. The molecule has 3 rings (SSSR count). The standard InChI is InChI=1S/C19H21NO4/c1-3-22-14-9-10-17(23-4-2)15(12-14)20-19(21)18-11-13-7-5-6-8-16(13)24-18/h5-10,12,18H,3-4,11H2,1-2H3,(H,20,21)/t18-/m1/s1. The molecule has 1 heterocycles. The van der Waals surface area contributed by atoms with E-state index in [0.29, 0.717) is 36.8 Å². The predicted octanol–water partition coefficient (Wildman–Crippen LogP) is 3.43. The molecule has 5 nitrogen and oxygen atoms in total. The first kappa shape index (κ1) is 16.2. The average Bonchev–Trinajstić information content (AvgIpc) is 3.02. The van der Waals surface area contributed by atoms with Crippen LogP contribution in [0.1, 0.15) is 19.4 Å². The molecule has 2 aromatic rings. The minimum atomic E-state index is -0.535. The molecule has 0 aliphatic carbocycles. The van der Waals surface area contributed by atoms with E-state index in [0.717, 1.165) is 11.3 Å². The number of hydrogen-bond donors (Lipinski definition) is 1. The number of ether oxygens (including phenoxy) is 3. The number of amides is 1. The number of para-hydroxylation sites is 1. The molecule has 0 unspecified atom stereocenters. The van der Waals surface area contributed by atoms with E-state index in [-0.39, 0.29) is 5.91 Å². The van der Waals surface area contributed by atoms with Crippen molar-refractivity contribution in [3.63, 3.8) is 0 Å². The van der Waals surface area contributed by atoms with Crippen molar-refractivity contribution in [1.82, 2.24) is 0 Å². The van der Waals surface area contributed by atoms with E-state index in [1.165, 1.54) is 0 Å². The van der Waals surface area contributed by atoms with Gasteiger partial charge in [-0.1, -0.05) is 18.2 Å². The molecule has 5 heteroatoms. The van der Waals surface area contributed by atoms with Crippen molar-refractivity contribution in [2.45, 2.75) is 26.4 Å². The summed E-state index contributed by atoms with van der Waals surface area (Å²) in [6.45, 7) is 4.89. The molecule has 0 radical (unpaired) electrons. The first-order valence-electron chi connectivity index (χ1n) is 8.16. The molecule has 1 N–H and O–H groups in total. The highest BCUT2D eigenvalue weighted by molar-refractivity contribution is 5.96. The van der Waals surface area contributed by atoms with E-state index >= 15 is 0 Å². The highest BCUT2D eigenvalue weighted by Crippen LogP contribution is 2.32. The summed E-state index contributed by atoms with van der Waals surface area (Å²) >= 11 is 0. The Morgan fingerprint density at radius 1 is 1.17 bits per heavy atom. The zero-order chi connectivity index (χ0) is 16.9. The number of hydrogen-bond acceptors (Lipinski definition) is 4. The third kappa shape index (κ3) is 3.45. The van der Waals surface area contributed by atoms with Gasteiger partial charge in [-0.3, -0.25) is 4.79 Å². The fourth-order valence-electron chi connectivity index (χ4n) is 2.69. The molecule has 1 amide bonds. The van der Waals surface area contributed by atoms with E-state index in [4.69, 9.17) is 14.2 Å². The summed E-state index contributed by atoms with van der Waals surface area (Å²) in [7, 11) is 0.